The number of hydrogen-bond acceptors (Lipinski definition) is 1. The van der Waals surface area contributed by atoms with Gasteiger partial charge >= 0.3 is 0 Å². The number of benzene rings is 2. The fourth-order valence-electron chi connectivity index (χ4n) is 1.98. The van der Waals surface area contributed by atoms with Crippen LogP contribution in [0.25, 0.3) is 0 Å². The molecule has 18 heavy (non-hydrogen) atoms. The molecule has 0 aliphatic rings. The third-order valence-corrected chi connectivity index (χ3v) is 3.04. The van der Waals surface area contributed by atoms with E-state index in [4.69, 9.17) is 5.73 Å². The second-order valence-corrected chi connectivity index (χ2v) is 4.48. The first-order valence-corrected chi connectivity index (χ1v) is 5.77. The lowest BCUT2D eigenvalue weighted by Gasteiger charge is -2.16. The molecular formula is C15H15F2N. The number of aryl methyl sites for hydroxylation is 2. The van der Waals surface area contributed by atoms with E-state index < -0.39 is 11.9 Å². The van der Waals surface area contributed by atoms with Crippen LogP contribution >= 0.6 is 0 Å². The highest BCUT2D eigenvalue weighted by Crippen LogP contribution is 2.26. The van der Waals surface area contributed by atoms with Crippen LogP contribution in [0.4, 0.5) is 8.78 Å². The summed E-state index contributed by atoms with van der Waals surface area (Å²) < 4.78 is 27.7. The Morgan fingerprint density at radius 2 is 1.72 bits per heavy atom. The van der Waals surface area contributed by atoms with Gasteiger partial charge in [-0.1, -0.05) is 35.9 Å². The maximum absolute atomic E-state index is 14.0. The Bertz CT molecular complexity index is 577. The van der Waals surface area contributed by atoms with Crippen LogP contribution < -0.4 is 5.73 Å². The molecule has 0 saturated carbocycles. The van der Waals surface area contributed by atoms with Gasteiger partial charge < -0.3 is 5.73 Å². The molecule has 2 aromatic rings. The molecule has 2 aromatic carbocycles. The van der Waals surface area contributed by atoms with Gasteiger partial charge in [-0.15, -0.1) is 0 Å². The van der Waals surface area contributed by atoms with E-state index in [9.17, 15) is 8.78 Å². The van der Waals surface area contributed by atoms with Gasteiger partial charge in [0, 0.05) is 11.1 Å². The van der Waals surface area contributed by atoms with Gasteiger partial charge in [0.2, 0.25) is 0 Å². The SMILES string of the molecule is Cc1ccc(F)c(C(N)c2cccc(C)c2F)c1. The summed E-state index contributed by atoms with van der Waals surface area (Å²) in [6.45, 7) is 3.51. The third-order valence-electron chi connectivity index (χ3n) is 3.04. The summed E-state index contributed by atoms with van der Waals surface area (Å²) in [4.78, 5) is 0. The summed E-state index contributed by atoms with van der Waals surface area (Å²) in [7, 11) is 0. The Balaban J connectivity index is 2.51. The molecule has 2 rings (SSSR count). The van der Waals surface area contributed by atoms with Crippen LogP contribution in [0.1, 0.15) is 28.3 Å². The molecule has 0 saturated heterocycles. The number of rotatable bonds is 2. The Hall–Kier alpha value is -1.74. The van der Waals surface area contributed by atoms with Crippen LogP contribution in [0.15, 0.2) is 36.4 Å². The Morgan fingerprint density at radius 1 is 1.00 bits per heavy atom. The fourth-order valence-corrected chi connectivity index (χ4v) is 1.98. The van der Waals surface area contributed by atoms with E-state index in [2.05, 4.69) is 0 Å². The van der Waals surface area contributed by atoms with Gasteiger partial charge in [-0.25, -0.2) is 8.78 Å². The van der Waals surface area contributed by atoms with Gasteiger partial charge in [0.1, 0.15) is 11.6 Å². The van der Waals surface area contributed by atoms with Crippen molar-refractivity contribution in [2.45, 2.75) is 19.9 Å². The summed E-state index contributed by atoms with van der Waals surface area (Å²) in [5.41, 5.74) is 8.02. The Labute approximate surface area is 105 Å². The summed E-state index contributed by atoms with van der Waals surface area (Å²) in [6, 6.07) is 8.87. The van der Waals surface area contributed by atoms with Crippen molar-refractivity contribution in [2.24, 2.45) is 5.73 Å². The lowest BCUT2D eigenvalue weighted by Crippen LogP contribution is -2.16. The highest BCUT2D eigenvalue weighted by atomic mass is 19.1. The first kappa shape index (κ1) is 12.7. The highest BCUT2D eigenvalue weighted by Gasteiger charge is 2.18. The fraction of sp³-hybridized carbons (Fsp3) is 0.200. The molecule has 0 bridgehead atoms. The molecule has 1 unspecified atom stereocenters. The smallest absolute Gasteiger partial charge is 0.131 e. The summed E-state index contributed by atoms with van der Waals surface area (Å²) in [6.07, 6.45) is 0. The van der Waals surface area contributed by atoms with Gasteiger partial charge in [-0.05, 0) is 25.5 Å². The largest absolute Gasteiger partial charge is 0.320 e. The second kappa shape index (κ2) is 4.86. The molecule has 1 nitrogen and oxygen atoms in total. The topological polar surface area (TPSA) is 26.0 Å². The van der Waals surface area contributed by atoms with Crippen LogP contribution in [0, 0.1) is 25.5 Å². The zero-order valence-electron chi connectivity index (χ0n) is 10.4. The van der Waals surface area contributed by atoms with Crippen molar-refractivity contribution in [2.75, 3.05) is 0 Å². The molecule has 2 N–H and O–H groups in total. The lowest BCUT2D eigenvalue weighted by molar-refractivity contribution is 0.571. The van der Waals surface area contributed by atoms with Crippen molar-refractivity contribution in [3.63, 3.8) is 0 Å². The molecule has 0 fully saturated rings. The molecule has 94 valence electrons. The molecule has 0 heterocycles. The molecule has 1 atom stereocenters. The summed E-state index contributed by atoms with van der Waals surface area (Å²) in [5, 5.41) is 0. The molecule has 0 amide bonds. The van der Waals surface area contributed by atoms with E-state index >= 15 is 0 Å². The van der Waals surface area contributed by atoms with Crippen molar-refractivity contribution < 1.29 is 8.78 Å². The quantitative estimate of drug-likeness (QED) is 0.861. The highest BCUT2D eigenvalue weighted by molar-refractivity contribution is 5.37. The third kappa shape index (κ3) is 2.27. The van der Waals surface area contributed by atoms with Crippen LogP contribution in [-0.4, -0.2) is 0 Å². The van der Waals surface area contributed by atoms with E-state index in [-0.39, 0.29) is 5.82 Å². The first-order chi connectivity index (χ1) is 8.50. The predicted octanol–water partition coefficient (Wildman–Crippen LogP) is 3.63. The molecular weight excluding hydrogens is 232 g/mol. The lowest BCUT2D eigenvalue weighted by atomic mass is 9.96. The average molecular weight is 247 g/mol. The maximum atomic E-state index is 14.0. The van der Waals surface area contributed by atoms with Gasteiger partial charge in [0.15, 0.2) is 0 Å². The van der Waals surface area contributed by atoms with Crippen LogP contribution in [-0.2, 0) is 0 Å². The Kier molecular flexibility index (Phi) is 3.43. The summed E-state index contributed by atoms with van der Waals surface area (Å²) in [5.74, 6) is -0.778. The van der Waals surface area contributed by atoms with Crippen LogP contribution in [0.2, 0.25) is 0 Å². The van der Waals surface area contributed by atoms with Crippen molar-refractivity contribution in [1.29, 1.82) is 0 Å². The van der Waals surface area contributed by atoms with E-state index in [1.807, 2.05) is 6.92 Å². The molecule has 0 spiro atoms. The normalized spacial score (nSPS) is 12.5. The van der Waals surface area contributed by atoms with Crippen molar-refractivity contribution in [3.8, 4) is 0 Å². The standard InChI is InChI=1S/C15H15F2N/c1-9-6-7-13(16)12(8-9)15(18)11-5-3-4-10(2)14(11)17/h3-8,15H,18H2,1-2H3. The zero-order valence-corrected chi connectivity index (χ0v) is 10.4. The molecule has 0 radical (unpaired) electrons. The number of halogens is 2. The van der Waals surface area contributed by atoms with E-state index in [1.165, 1.54) is 6.07 Å². The first-order valence-electron chi connectivity index (χ1n) is 5.77. The molecule has 0 aliphatic carbocycles. The summed E-state index contributed by atoms with van der Waals surface area (Å²) >= 11 is 0. The second-order valence-electron chi connectivity index (χ2n) is 4.48. The van der Waals surface area contributed by atoms with E-state index in [0.29, 0.717) is 16.7 Å². The number of hydrogen-bond donors (Lipinski definition) is 1. The van der Waals surface area contributed by atoms with Gasteiger partial charge in [0.05, 0.1) is 6.04 Å². The minimum Gasteiger partial charge on any atom is -0.320 e. The Morgan fingerprint density at radius 3 is 2.44 bits per heavy atom. The predicted molar refractivity (Wildman–Crippen MR) is 68.3 cm³/mol. The average Bonchev–Trinajstić information content (AvgIpc) is 2.35. The zero-order chi connectivity index (χ0) is 13.3. The monoisotopic (exact) mass is 247 g/mol. The molecule has 3 heteroatoms. The van der Waals surface area contributed by atoms with Gasteiger partial charge in [-0.3, -0.25) is 0 Å². The number of nitrogens with two attached hydrogens (primary N) is 1. The minimum absolute atomic E-state index is 0.319. The van der Waals surface area contributed by atoms with Gasteiger partial charge in [0.25, 0.3) is 0 Å². The van der Waals surface area contributed by atoms with Crippen molar-refractivity contribution in [1.82, 2.24) is 0 Å². The maximum Gasteiger partial charge on any atom is 0.131 e. The van der Waals surface area contributed by atoms with Crippen molar-refractivity contribution >= 4 is 0 Å². The van der Waals surface area contributed by atoms with Crippen LogP contribution in [0.5, 0.6) is 0 Å². The van der Waals surface area contributed by atoms with E-state index in [0.717, 1.165) is 5.56 Å². The van der Waals surface area contributed by atoms with Crippen molar-refractivity contribution in [3.05, 3.63) is 70.3 Å². The molecule has 0 aliphatic heterocycles. The minimum atomic E-state index is -0.787. The van der Waals surface area contributed by atoms with E-state index in [1.54, 1.807) is 37.3 Å². The van der Waals surface area contributed by atoms with Gasteiger partial charge in [-0.2, -0.15) is 0 Å². The molecule has 0 aromatic heterocycles. The van der Waals surface area contributed by atoms with Crippen LogP contribution in [0.3, 0.4) is 0 Å².